The summed E-state index contributed by atoms with van der Waals surface area (Å²) in [5.41, 5.74) is 0. The van der Waals surface area contributed by atoms with Crippen molar-refractivity contribution in [1.82, 2.24) is 0 Å². The number of hydrogen-bond acceptors (Lipinski definition) is 5. The van der Waals surface area contributed by atoms with Gasteiger partial charge in [-0.2, -0.15) is 23.5 Å². The Morgan fingerprint density at radius 1 is 0.309 bits per heavy atom. The van der Waals surface area contributed by atoms with Crippen LogP contribution >= 0.6 is 23.5 Å². The van der Waals surface area contributed by atoms with Crippen LogP contribution in [0.2, 0.25) is 0 Å². The van der Waals surface area contributed by atoms with Crippen molar-refractivity contribution in [3.8, 4) is 0 Å². The molecule has 0 heterocycles. The van der Waals surface area contributed by atoms with Gasteiger partial charge in [0.15, 0.2) is 0 Å². The molecule has 0 aromatic heterocycles. The van der Waals surface area contributed by atoms with Crippen LogP contribution in [0.5, 0.6) is 0 Å². The number of thioether (sulfide) groups is 2. The molecule has 332 valence electrons. The molecule has 3 nitrogen and oxygen atoms in total. The zero-order valence-corrected chi connectivity index (χ0v) is 40.3. The lowest BCUT2D eigenvalue weighted by Crippen LogP contribution is -2.25. The zero-order valence-electron chi connectivity index (χ0n) is 38.6. The molecule has 0 N–H and O–H groups in total. The largest absolute Gasteiger partial charge is 0.381 e. The Bertz CT molecular complexity index is 638. The number of rotatable bonds is 48. The summed E-state index contributed by atoms with van der Waals surface area (Å²) >= 11 is 4.40. The summed E-state index contributed by atoms with van der Waals surface area (Å²) in [5.74, 6) is 2.59. The van der Waals surface area contributed by atoms with E-state index in [1.54, 1.807) is 0 Å². The van der Waals surface area contributed by atoms with Crippen LogP contribution < -0.4 is 0 Å². The van der Waals surface area contributed by atoms with Crippen molar-refractivity contribution in [2.24, 2.45) is 0 Å². The Morgan fingerprint density at radius 3 is 0.891 bits per heavy atom. The van der Waals surface area contributed by atoms with Crippen molar-refractivity contribution in [3.05, 3.63) is 0 Å². The molecule has 0 aliphatic heterocycles. The van der Waals surface area contributed by atoms with E-state index in [4.69, 9.17) is 14.2 Å². The van der Waals surface area contributed by atoms with E-state index in [0.717, 1.165) is 39.3 Å². The molecule has 0 saturated carbocycles. The lowest BCUT2D eigenvalue weighted by atomic mass is 10.1. The normalized spacial score (nSPS) is 14.1. The molecule has 4 atom stereocenters. The first-order valence-electron chi connectivity index (χ1n) is 25.1. The second-order valence-electron chi connectivity index (χ2n) is 17.1. The quantitative estimate of drug-likeness (QED) is 0.0571. The fraction of sp³-hybridized carbons (Fsp3) is 1.00. The molecule has 0 spiro atoms. The molecule has 55 heavy (non-hydrogen) atoms. The van der Waals surface area contributed by atoms with Crippen molar-refractivity contribution in [3.63, 3.8) is 0 Å². The van der Waals surface area contributed by atoms with E-state index in [1.165, 1.54) is 217 Å². The molecule has 0 rings (SSSR count). The number of ether oxygens (including phenoxy) is 3. The Labute approximate surface area is 356 Å². The Morgan fingerprint density at radius 2 is 0.582 bits per heavy atom. The highest BCUT2D eigenvalue weighted by atomic mass is 32.2. The molecule has 0 bridgehead atoms. The summed E-state index contributed by atoms with van der Waals surface area (Å²) < 4.78 is 18.9. The van der Waals surface area contributed by atoms with Crippen LogP contribution in [0.25, 0.3) is 0 Å². The predicted octanol–water partition coefficient (Wildman–Crippen LogP) is 17.4. The summed E-state index contributed by atoms with van der Waals surface area (Å²) in [7, 11) is 0. The SMILES string of the molecule is CCCCCCCCCCCSC(CCCCCCCC)C(C)OCCCOCCCOC(C)C(CCCCCCCC)SCCCCCCCCCCC. The molecule has 0 radical (unpaired) electrons. The van der Waals surface area contributed by atoms with Crippen molar-refractivity contribution in [1.29, 1.82) is 0 Å². The lowest BCUT2D eigenvalue weighted by Gasteiger charge is -2.24. The topological polar surface area (TPSA) is 27.7 Å². The van der Waals surface area contributed by atoms with Crippen LogP contribution in [0, 0.1) is 0 Å². The zero-order chi connectivity index (χ0) is 40.1. The smallest absolute Gasteiger partial charge is 0.0665 e. The third kappa shape index (κ3) is 41.1. The number of hydrogen-bond donors (Lipinski definition) is 0. The molecular weight excluding hydrogens is 713 g/mol. The van der Waals surface area contributed by atoms with Crippen molar-refractivity contribution in [2.45, 2.75) is 283 Å². The second kappa shape index (κ2) is 47.3. The molecule has 0 aliphatic carbocycles. The highest BCUT2D eigenvalue weighted by Gasteiger charge is 2.19. The number of unbranched alkanes of at least 4 members (excludes halogenated alkanes) is 26. The van der Waals surface area contributed by atoms with Crippen LogP contribution in [0.3, 0.4) is 0 Å². The van der Waals surface area contributed by atoms with Gasteiger partial charge < -0.3 is 14.2 Å². The van der Waals surface area contributed by atoms with E-state index in [0.29, 0.717) is 22.7 Å². The Hall–Kier alpha value is 0.580. The first-order chi connectivity index (χ1) is 27.1. The maximum absolute atomic E-state index is 6.44. The van der Waals surface area contributed by atoms with Gasteiger partial charge >= 0.3 is 0 Å². The fourth-order valence-electron chi connectivity index (χ4n) is 7.63. The highest BCUT2D eigenvalue weighted by Crippen LogP contribution is 2.27. The van der Waals surface area contributed by atoms with Gasteiger partial charge in [-0.1, -0.05) is 207 Å². The van der Waals surface area contributed by atoms with Gasteiger partial charge in [-0.05, 0) is 63.9 Å². The van der Waals surface area contributed by atoms with Gasteiger partial charge in [-0.3, -0.25) is 0 Å². The summed E-state index contributed by atoms with van der Waals surface area (Å²) in [6.07, 6.45) is 47.2. The van der Waals surface area contributed by atoms with E-state index in [2.05, 4.69) is 65.1 Å². The van der Waals surface area contributed by atoms with E-state index in [9.17, 15) is 0 Å². The average molecular weight is 815 g/mol. The van der Waals surface area contributed by atoms with Crippen molar-refractivity contribution < 1.29 is 14.2 Å². The van der Waals surface area contributed by atoms with Crippen molar-refractivity contribution >= 4 is 23.5 Å². The minimum atomic E-state index is 0.330. The summed E-state index contributed by atoms with van der Waals surface area (Å²) in [4.78, 5) is 0. The van der Waals surface area contributed by atoms with Gasteiger partial charge in [0.1, 0.15) is 0 Å². The van der Waals surface area contributed by atoms with Crippen LogP contribution in [0.4, 0.5) is 0 Å². The van der Waals surface area contributed by atoms with E-state index < -0.39 is 0 Å². The molecule has 0 saturated heterocycles. The summed E-state index contributed by atoms with van der Waals surface area (Å²) in [6, 6.07) is 0. The van der Waals surface area contributed by atoms with E-state index in [-0.39, 0.29) is 0 Å². The summed E-state index contributed by atoms with van der Waals surface area (Å²) in [5, 5.41) is 1.27. The van der Waals surface area contributed by atoms with Crippen LogP contribution in [0.15, 0.2) is 0 Å². The van der Waals surface area contributed by atoms with Crippen LogP contribution in [-0.4, -0.2) is 60.6 Å². The van der Waals surface area contributed by atoms with Gasteiger partial charge in [-0.15, -0.1) is 0 Å². The lowest BCUT2D eigenvalue weighted by molar-refractivity contribution is 0.0250. The van der Waals surface area contributed by atoms with E-state index >= 15 is 0 Å². The monoisotopic (exact) mass is 815 g/mol. The maximum atomic E-state index is 6.44. The Kier molecular flexibility index (Phi) is 47.8. The van der Waals surface area contributed by atoms with Gasteiger partial charge in [0.05, 0.1) is 12.2 Å². The van der Waals surface area contributed by atoms with Crippen molar-refractivity contribution in [2.75, 3.05) is 37.9 Å². The minimum absolute atomic E-state index is 0.330. The molecule has 0 aromatic carbocycles. The average Bonchev–Trinajstić information content (AvgIpc) is 3.19. The third-order valence-corrected chi connectivity index (χ3v) is 14.7. The van der Waals surface area contributed by atoms with Gasteiger partial charge in [0.25, 0.3) is 0 Å². The molecule has 0 aliphatic rings. The Balaban J connectivity index is 4.31. The highest BCUT2D eigenvalue weighted by molar-refractivity contribution is 8.00. The van der Waals surface area contributed by atoms with E-state index in [1.807, 2.05) is 0 Å². The molecule has 0 aromatic rings. The van der Waals surface area contributed by atoms with Crippen LogP contribution in [0.1, 0.15) is 260 Å². The second-order valence-corrected chi connectivity index (χ2v) is 19.8. The summed E-state index contributed by atoms with van der Waals surface area (Å²) in [6.45, 7) is 17.1. The first kappa shape index (κ1) is 55.6. The first-order valence-corrected chi connectivity index (χ1v) is 27.2. The van der Waals surface area contributed by atoms with Crippen LogP contribution in [-0.2, 0) is 14.2 Å². The van der Waals surface area contributed by atoms with Gasteiger partial charge in [-0.25, -0.2) is 0 Å². The molecular formula is C50H102O3S2. The molecule has 0 fully saturated rings. The molecule has 0 amide bonds. The third-order valence-electron chi connectivity index (χ3n) is 11.5. The maximum Gasteiger partial charge on any atom is 0.0665 e. The van der Waals surface area contributed by atoms with Gasteiger partial charge in [0, 0.05) is 36.9 Å². The minimum Gasteiger partial charge on any atom is -0.381 e. The predicted molar refractivity (Wildman–Crippen MR) is 254 cm³/mol. The van der Waals surface area contributed by atoms with Gasteiger partial charge in [0.2, 0.25) is 0 Å². The molecule has 5 heteroatoms. The fourth-order valence-corrected chi connectivity index (χ4v) is 10.3. The molecule has 4 unspecified atom stereocenters. The standard InChI is InChI=1S/C50H102O3S2/c1-7-11-15-19-23-25-27-31-35-45-54-49(39-33-29-21-17-13-9-3)47(5)52-43-37-41-51-42-38-44-53-48(6)50(40-34-30-22-18-14-10-4)55-46-36-32-28-26-24-20-16-12-8-2/h47-50H,7-46H2,1-6H3.